The number of hydrogen-bond donors (Lipinski definition) is 0. The van der Waals surface area contributed by atoms with Gasteiger partial charge in [-0.25, -0.2) is 4.79 Å². The van der Waals surface area contributed by atoms with Gasteiger partial charge < -0.3 is 18.9 Å². The molecule has 0 N–H and O–H groups in total. The summed E-state index contributed by atoms with van der Waals surface area (Å²) in [5.41, 5.74) is 2.16. The summed E-state index contributed by atoms with van der Waals surface area (Å²) in [6.45, 7) is 12.3. The Morgan fingerprint density at radius 1 is 1.11 bits per heavy atom. The standard InChI is InChI=1S/C21H34N2O5/c1-9-22-15(5)18(14(4)19(22)21(26)28-8)20(25)16(6)23(11-10-13(2)3)17(24)12-27-7/h13,16H,9-12H2,1-8H3. The molecule has 0 spiro atoms. The topological polar surface area (TPSA) is 77.8 Å². The SMILES string of the molecule is CCn1c(C)c(C(=O)C(C)N(CCC(C)C)C(=O)COC)c(C)c1C(=O)OC. The number of hydrogen-bond acceptors (Lipinski definition) is 5. The van der Waals surface area contributed by atoms with Crippen LogP contribution in [0.4, 0.5) is 0 Å². The number of nitrogens with zero attached hydrogens (tertiary/aromatic N) is 2. The van der Waals surface area contributed by atoms with Gasteiger partial charge in [0.1, 0.15) is 12.3 Å². The van der Waals surface area contributed by atoms with Gasteiger partial charge in [0.25, 0.3) is 0 Å². The minimum Gasteiger partial charge on any atom is -0.464 e. The zero-order chi connectivity index (χ0) is 21.6. The number of esters is 1. The Morgan fingerprint density at radius 2 is 1.71 bits per heavy atom. The molecule has 1 amide bonds. The molecule has 1 heterocycles. The van der Waals surface area contributed by atoms with E-state index >= 15 is 0 Å². The average Bonchev–Trinajstić information content (AvgIpc) is 2.90. The van der Waals surface area contributed by atoms with Crippen LogP contribution in [0.2, 0.25) is 0 Å². The monoisotopic (exact) mass is 394 g/mol. The Hall–Kier alpha value is -2.15. The second-order valence-corrected chi connectivity index (χ2v) is 7.41. The van der Waals surface area contributed by atoms with Crippen molar-refractivity contribution in [2.75, 3.05) is 27.4 Å². The number of aromatic nitrogens is 1. The van der Waals surface area contributed by atoms with Gasteiger partial charge in [-0.1, -0.05) is 13.8 Å². The van der Waals surface area contributed by atoms with Crippen LogP contribution in [0.25, 0.3) is 0 Å². The molecule has 0 aromatic carbocycles. The van der Waals surface area contributed by atoms with E-state index in [1.165, 1.54) is 14.2 Å². The number of ketones is 1. The van der Waals surface area contributed by atoms with Crippen molar-refractivity contribution < 1.29 is 23.9 Å². The van der Waals surface area contributed by atoms with E-state index in [0.717, 1.165) is 6.42 Å². The van der Waals surface area contributed by atoms with Crippen molar-refractivity contribution in [3.63, 3.8) is 0 Å². The molecule has 0 bridgehead atoms. The summed E-state index contributed by atoms with van der Waals surface area (Å²) >= 11 is 0. The highest BCUT2D eigenvalue weighted by atomic mass is 16.5. The van der Waals surface area contributed by atoms with Gasteiger partial charge in [-0.3, -0.25) is 9.59 Å². The van der Waals surface area contributed by atoms with Crippen LogP contribution in [0.1, 0.15) is 66.2 Å². The molecule has 1 unspecified atom stereocenters. The fraction of sp³-hybridized carbons (Fsp3) is 0.667. The fourth-order valence-corrected chi connectivity index (χ4v) is 3.50. The minimum absolute atomic E-state index is 0.0724. The van der Waals surface area contributed by atoms with Crippen molar-refractivity contribution >= 4 is 17.7 Å². The predicted molar refractivity (Wildman–Crippen MR) is 108 cm³/mol. The van der Waals surface area contributed by atoms with E-state index in [0.29, 0.717) is 41.5 Å². The molecule has 0 aliphatic carbocycles. The number of amides is 1. The first-order chi connectivity index (χ1) is 13.1. The highest BCUT2D eigenvalue weighted by molar-refractivity contribution is 6.06. The molecule has 0 saturated heterocycles. The Balaban J connectivity index is 3.35. The van der Waals surface area contributed by atoms with E-state index in [4.69, 9.17) is 9.47 Å². The number of ether oxygens (including phenoxy) is 2. The van der Waals surface area contributed by atoms with Crippen molar-refractivity contribution in [3.8, 4) is 0 Å². The van der Waals surface area contributed by atoms with Crippen LogP contribution >= 0.6 is 0 Å². The van der Waals surface area contributed by atoms with Crippen LogP contribution in [0, 0.1) is 19.8 Å². The zero-order valence-electron chi connectivity index (χ0n) is 18.4. The van der Waals surface area contributed by atoms with Gasteiger partial charge in [-0.15, -0.1) is 0 Å². The summed E-state index contributed by atoms with van der Waals surface area (Å²) in [5.74, 6) is -0.472. The van der Waals surface area contributed by atoms with Gasteiger partial charge in [0.15, 0.2) is 5.78 Å². The summed E-state index contributed by atoms with van der Waals surface area (Å²) in [4.78, 5) is 39.7. The van der Waals surface area contributed by atoms with Crippen LogP contribution in [-0.4, -0.2) is 60.5 Å². The predicted octanol–water partition coefficient (Wildman–Crippen LogP) is 3.00. The van der Waals surface area contributed by atoms with Gasteiger partial charge in [0, 0.05) is 31.5 Å². The van der Waals surface area contributed by atoms with Crippen LogP contribution in [0.3, 0.4) is 0 Å². The summed E-state index contributed by atoms with van der Waals surface area (Å²) in [6, 6.07) is -0.656. The second-order valence-electron chi connectivity index (χ2n) is 7.41. The molecule has 158 valence electrons. The molecule has 0 aliphatic heterocycles. The van der Waals surface area contributed by atoms with E-state index in [1.54, 1.807) is 23.3 Å². The van der Waals surface area contributed by atoms with Crippen LogP contribution in [0.5, 0.6) is 0 Å². The molecule has 0 aliphatic rings. The molecule has 7 nitrogen and oxygen atoms in total. The molecular weight excluding hydrogens is 360 g/mol. The van der Waals surface area contributed by atoms with E-state index in [-0.39, 0.29) is 18.3 Å². The third-order valence-electron chi connectivity index (χ3n) is 5.09. The maximum atomic E-state index is 13.4. The summed E-state index contributed by atoms with van der Waals surface area (Å²) < 4.78 is 11.7. The lowest BCUT2D eigenvalue weighted by atomic mass is 9.99. The van der Waals surface area contributed by atoms with E-state index in [2.05, 4.69) is 13.8 Å². The molecule has 0 fully saturated rings. The maximum absolute atomic E-state index is 13.4. The van der Waals surface area contributed by atoms with Gasteiger partial charge in [-0.05, 0) is 45.6 Å². The highest BCUT2D eigenvalue weighted by Crippen LogP contribution is 2.26. The molecule has 7 heteroatoms. The minimum atomic E-state index is -0.656. The van der Waals surface area contributed by atoms with Crippen molar-refractivity contribution in [1.82, 2.24) is 9.47 Å². The Labute approximate surface area is 168 Å². The molecule has 28 heavy (non-hydrogen) atoms. The Morgan fingerprint density at radius 3 is 2.18 bits per heavy atom. The zero-order valence-corrected chi connectivity index (χ0v) is 18.4. The third kappa shape index (κ3) is 5.01. The quantitative estimate of drug-likeness (QED) is 0.450. The summed E-state index contributed by atoms with van der Waals surface area (Å²) in [6.07, 6.45) is 0.786. The normalized spacial score (nSPS) is 12.2. The number of carbonyl (C=O) groups excluding carboxylic acids is 3. The van der Waals surface area contributed by atoms with Crippen molar-refractivity contribution in [2.45, 2.75) is 60.5 Å². The van der Waals surface area contributed by atoms with E-state index in [9.17, 15) is 14.4 Å². The smallest absolute Gasteiger partial charge is 0.354 e. The van der Waals surface area contributed by atoms with Crippen LogP contribution in [-0.2, 0) is 20.8 Å². The highest BCUT2D eigenvalue weighted by Gasteiger charge is 2.32. The van der Waals surface area contributed by atoms with Gasteiger partial charge in [-0.2, -0.15) is 0 Å². The molecule has 1 atom stereocenters. The number of carbonyl (C=O) groups is 3. The second kappa shape index (κ2) is 10.4. The van der Waals surface area contributed by atoms with E-state index < -0.39 is 12.0 Å². The van der Waals surface area contributed by atoms with Gasteiger partial charge >= 0.3 is 5.97 Å². The third-order valence-corrected chi connectivity index (χ3v) is 5.09. The van der Waals surface area contributed by atoms with Gasteiger partial charge in [0.05, 0.1) is 13.2 Å². The van der Waals surface area contributed by atoms with Crippen molar-refractivity contribution in [3.05, 3.63) is 22.5 Å². The average molecular weight is 395 g/mol. The van der Waals surface area contributed by atoms with Crippen LogP contribution in [0.15, 0.2) is 0 Å². The van der Waals surface area contributed by atoms with Crippen LogP contribution < -0.4 is 0 Å². The lowest BCUT2D eigenvalue weighted by Crippen LogP contribution is -2.46. The molecular formula is C21H34N2O5. The number of methoxy groups -OCH3 is 2. The lowest BCUT2D eigenvalue weighted by Gasteiger charge is -2.29. The van der Waals surface area contributed by atoms with Crippen molar-refractivity contribution in [1.29, 1.82) is 0 Å². The first kappa shape index (κ1) is 23.9. The lowest BCUT2D eigenvalue weighted by molar-refractivity contribution is -0.136. The summed E-state index contributed by atoms with van der Waals surface area (Å²) in [7, 11) is 2.79. The van der Waals surface area contributed by atoms with E-state index in [1.807, 2.05) is 13.8 Å². The largest absolute Gasteiger partial charge is 0.464 e. The Bertz CT molecular complexity index is 721. The number of Topliss-reactive ketones (excluding diaryl/α,β-unsaturated/α-hetero) is 1. The fourth-order valence-electron chi connectivity index (χ4n) is 3.50. The first-order valence-electron chi connectivity index (χ1n) is 9.72. The maximum Gasteiger partial charge on any atom is 0.354 e. The van der Waals surface area contributed by atoms with Crippen molar-refractivity contribution in [2.24, 2.45) is 5.92 Å². The Kier molecular flexibility index (Phi) is 8.88. The van der Waals surface area contributed by atoms with Gasteiger partial charge in [0.2, 0.25) is 5.91 Å². The first-order valence-corrected chi connectivity index (χ1v) is 9.72. The molecule has 0 radical (unpaired) electrons. The molecule has 1 rings (SSSR count). The molecule has 1 aromatic heterocycles. The molecule has 0 saturated carbocycles. The molecule has 1 aromatic rings. The summed E-state index contributed by atoms with van der Waals surface area (Å²) in [5, 5.41) is 0. The number of rotatable bonds is 10.